The molecule has 0 saturated heterocycles. The van der Waals surface area contributed by atoms with Gasteiger partial charge in [-0.05, 0) is 258 Å². The number of anilines is 2. The number of carbonyl (C=O) groups is 4. The summed E-state index contributed by atoms with van der Waals surface area (Å²) in [6, 6.07) is 47.3. The molecule has 11 aromatic carbocycles. The summed E-state index contributed by atoms with van der Waals surface area (Å²) in [5.41, 5.74) is 12.1. The summed E-state index contributed by atoms with van der Waals surface area (Å²) in [6.07, 6.45) is 30.5. The van der Waals surface area contributed by atoms with Crippen LogP contribution in [-0.4, -0.2) is 23.6 Å². The first-order chi connectivity index (χ1) is 63.1. The van der Waals surface area contributed by atoms with Crippen molar-refractivity contribution in [2.75, 3.05) is 9.80 Å². The first kappa shape index (κ1) is 95.9. The molecule has 0 atom stereocenters. The van der Waals surface area contributed by atoms with Crippen LogP contribution in [0, 0.1) is 23.7 Å². The van der Waals surface area contributed by atoms with Crippen LogP contribution < -0.4 is 28.7 Å². The minimum Gasteiger partial charge on any atom is -0.457 e. The molecule has 0 aromatic heterocycles. The molecule has 708 valence electrons. The second kappa shape index (κ2) is 36.6. The van der Waals surface area contributed by atoms with Gasteiger partial charge in [-0.15, -0.1) is 0 Å². The maximum Gasteiger partial charge on any atom is 0.266 e. The summed E-state index contributed by atoms with van der Waals surface area (Å²) in [5.74, 6) is 3.75. The minimum absolute atomic E-state index is 0.288. The van der Waals surface area contributed by atoms with Crippen molar-refractivity contribution in [3.05, 3.63) is 222 Å². The molecule has 4 saturated carbocycles. The van der Waals surface area contributed by atoms with E-state index >= 15 is 19.2 Å². The number of hydrogen-bond donors (Lipinski definition) is 0. The van der Waals surface area contributed by atoms with Crippen molar-refractivity contribution in [3.8, 4) is 46.0 Å². The molecule has 4 fully saturated rings. The average molecular weight is 1800 g/mol. The fourth-order valence-electron chi connectivity index (χ4n) is 22.9. The number of amides is 4. The molecular formula is C124H154N2O8. The van der Waals surface area contributed by atoms with Gasteiger partial charge in [0.25, 0.3) is 23.6 Å². The Hall–Kier alpha value is -9.80. The summed E-state index contributed by atoms with van der Waals surface area (Å²) in [7, 11) is 0. The highest BCUT2D eigenvalue weighted by atomic mass is 16.5. The van der Waals surface area contributed by atoms with Crippen LogP contribution in [0.3, 0.4) is 0 Å². The van der Waals surface area contributed by atoms with E-state index in [0.717, 1.165) is 144 Å². The van der Waals surface area contributed by atoms with E-state index in [4.69, 9.17) is 18.9 Å². The first-order valence-electron chi connectivity index (χ1n) is 51.8. The number of imide groups is 2. The van der Waals surface area contributed by atoms with Crippen LogP contribution >= 0.6 is 0 Å². The zero-order chi connectivity index (χ0) is 95.6. The Labute approximate surface area is 802 Å². The molecule has 10 nitrogen and oxygen atoms in total. The van der Waals surface area contributed by atoms with Gasteiger partial charge in [0.05, 0.1) is 33.6 Å². The quantitative estimate of drug-likeness (QED) is 0.0375. The molecule has 17 rings (SSSR count). The standard InChI is InChI=1S/C124H154N2O8/c1-117(2,3)83-59-84(118(4,5)6)64-91(63-83)131-99-71-95-103-96(114(128)125(113(95)127)111-79(55-51-75-39-29-25-30-40-75)47-37-48-80(111)56-52-76-41-31-26-32-42-76)73-101(133-93-67-87(121(13,14)15)61-88(68-93)122(16,17)18)107-108-102(134-94-69-89(123(19,20)21)62-90(70-94)124(22,23)24)74-98-104-97(72-100(106(110(104)108)105(99)109(103)107)132-92-65-85(119(7,8)9)60-86(66-92)120(10,11)12)115(129)126(116(98)130)112-81(57-53-77-43-33-27-34-44-77)49-38-50-82(112)58-54-78-45-35-28-36-46-78/h37-38,47-50,59-78H,25-36,39-46,51-58H2,1-24H3. The fraction of sp³-hybridized carbons (Fsp3) is 0.516. The van der Waals surface area contributed by atoms with E-state index in [0.29, 0.717) is 150 Å². The molecule has 0 radical (unpaired) electrons. The lowest BCUT2D eigenvalue weighted by molar-refractivity contribution is 0.0877. The molecule has 4 amide bonds. The summed E-state index contributed by atoms with van der Waals surface area (Å²) < 4.78 is 32.6. The minimum atomic E-state index is -0.450. The smallest absolute Gasteiger partial charge is 0.266 e. The summed E-state index contributed by atoms with van der Waals surface area (Å²) in [6.45, 7) is 53.7. The van der Waals surface area contributed by atoms with Crippen molar-refractivity contribution in [3.63, 3.8) is 0 Å². The Balaban J connectivity index is 1.07. The molecule has 0 unspecified atom stereocenters. The van der Waals surface area contributed by atoms with Crippen LogP contribution in [0.4, 0.5) is 11.4 Å². The van der Waals surface area contributed by atoms with Crippen molar-refractivity contribution in [1.29, 1.82) is 0 Å². The van der Waals surface area contributed by atoms with Gasteiger partial charge >= 0.3 is 0 Å². The number of carbonyl (C=O) groups excluding carboxylic acids is 4. The normalized spacial score (nSPS) is 17.1. The van der Waals surface area contributed by atoms with Gasteiger partial charge in [-0.25, -0.2) is 9.80 Å². The lowest BCUT2D eigenvalue weighted by Gasteiger charge is -2.35. The lowest BCUT2D eigenvalue weighted by atomic mass is 9.79. The summed E-state index contributed by atoms with van der Waals surface area (Å²) in [5, 5.41) is 3.88. The van der Waals surface area contributed by atoms with Gasteiger partial charge in [-0.1, -0.05) is 355 Å². The van der Waals surface area contributed by atoms with Gasteiger partial charge in [0.1, 0.15) is 46.0 Å². The maximum absolute atomic E-state index is 17.9. The van der Waals surface area contributed by atoms with Crippen molar-refractivity contribution in [2.24, 2.45) is 23.7 Å². The molecule has 0 bridgehead atoms. The number of aryl methyl sites for hydroxylation is 4. The van der Waals surface area contributed by atoms with Gasteiger partial charge in [-0.3, -0.25) is 19.2 Å². The van der Waals surface area contributed by atoms with E-state index in [1.807, 2.05) is 24.3 Å². The predicted octanol–water partition coefficient (Wildman–Crippen LogP) is 34.9. The lowest BCUT2D eigenvalue weighted by Crippen LogP contribution is -2.42. The Bertz CT molecular complexity index is 5470. The van der Waals surface area contributed by atoms with E-state index in [2.05, 4.69) is 275 Å². The van der Waals surface area contributed by atoms with Crippen molar-refractivity contribution in [1.82, 2.24) is 0 Å². The van der Waals surface area contributed by atoms with Crippen LogP contribution in [0.25, 0.3) is 43.1 Å². The number of rotatable bonds is 22. The third kappa shape index (κ3) is 19.7. The Morgan fingerprint density at radius 2 is 0.410 bits per heavy atom. The molecule has 2 heterocycles. The van der Waals surface area contributed by atoms with Crippen molar-refractivity contribution < 1.29 is 38.1 Å². The number of ether oxygens (including phenoxy) is 4. The first-order valence-corrected chi connectivity index (χ1v) is 51.8. The van der Waals surface area contributed by atoms with Gasteiger partial charge < -0.3 is 18.9 Å². The molecule has 6 aliphatic rings. The van der Waals surface area contributed by atoms with E-state index in [9.17, 15) is 0 Å². The Kier molecular flexibility index (Phi) is 26.2. The third-order valence-electron chi connectivity index (χ3n) is 31.4. The Morgan fingerprint density at radius 1 is 0.231 bits per heavy atom. The largest absolute Gasteiger partial charge is 0.457 e. The summed E-state index contributed by atoms with van der Waals surface area (Å²) in [4.78, 5) is 74.8. The van der Waals surface area contributed by atoms with E-state index in [1.54, 1.807) is 9.80 Å². The average Bonchev–Trinajstić information content (AvgIpc) is 0.667. The highest BCUT2D eigenvalue weighted by Gasteiger charge is 2.46. The number of nitrogens with zero attached hydrogens (tertiary/aromatic N) is 2. The van der Waals surface area contributed by atoms with E-state index < -0.39 is 23.6 Å². The number of para-hydroxylation sites is 2. The van der Waals surface area contributed by atoms with E-state index in [-0.39, 0.29) is 65.6 Å². The van der Waals surface area contributed by atoms with Gasteiger partial charge in [0, 0.05) is 43.1 Å². The topological polar surface area (TPSA) is 112 Å². The molecule has 4 aliphatic carbocycles. The van der Waals surface area contributed by atoms with Crippen LogP contribution in [0.1, 0.15) is 428 Å². The van der Waals surface area contributed by atoms with E-state index in [1.165, 1.54) is 77.0 Å². The maximum atomic E-state index is 17.9. The zero-order valence-corrected chi connectivity index (χ0v) is 86.0. The molecule has 11 aromatic rings. The summed E-state index contributed by atoms with van der Waals surface area (Å²) >= 11 is 0. The molecule has 134 heavy (non-hydrogen) atoms. The third-order valence-corrected chi connectivity index (χ3v) is 31.4. The Morgan fingerprint density at radius 3 is 0.582 bits per heavy atom. The SMILES string of the molecule is CC(C)(C)c1cc(Oc2cc3c4c(cc(Oc5cc(C(C)(C)C)cc(C(C)(C)C)c5)c5c6c(Oc7cc(C(C)(C)C)cc(C(C)(C)C)c7)cc7c8c(cc(Oc9cc(C(C)(C)C)cc(C(C)(C)C)c9)c(c2c45)c86)C(=O)N(c2c(CCC4CCCCC4)cccc2CCC2CCCCC2)C7=O)C(=O)N(c2c(CCC4CCCCC4)cccc2CCC2CCCCC2)C3=O)cc(C(C)(C)C)c1. The fourth-order valence-corrected chi connectivity index (χ4v) is 22.9. The molecule has 0 spiro atoms. The van der Waals surface area contributed by atoms with Gasteiger partial charge in [0.2, 0.25) is 0 Å². The highest BCUT2D eigenvalue weighted by Crippen LogP contribution is 2.60. The highest BCUT2D eigenvalue weighted by molar-refractivity contribution is 6.48. The van der Waals surface area contributed by atoms with Crippen LogP contribution in [-0.2, 0) is 69.0 Å². The van der Waals surface area contributed by atoms with Crippen LogP contribution in [0.2, 0.25) is 0 Å². The second-order valence-corrected chi connectivity index (χ2v) is 50.0. The van der Waals surface area contributed by atoms with Crippen LogP contribution in [0.15, 0.2) is 133 Å². The second-order valence-electron chi connectivity index (χ2n) is 50.0. The predicted molar refractivity (Wildman–Crippen MR) is 558 cm³/mol. The van der Waals surface area contributed by atoms with Crippen molar-refractivity contribution >= 4 is 78.1 Å². The van der Waals surface area contributed by atoms with Crippen molar-refractivity contribution in [2.45, 2.75) is 389 Å². The monoisotopic (exact) mass is 1800 g/mol. The number of hydrogen-bond acceptors (Lipinski definition) is 8. The van der Waals surface area contributed by atoms with Gasteiger partial charge in [0.15, 0.2) is 0 Å². The molecular weight excluding hydrogens is 1650 g/mol. The van der Waals surface area contributed by atoms with Crippen LogP contribution in [0.5, 0.6) is 46.0 Å². The molecule has 0 N–H and O–H groups in total. The number of fused-ring (bicyclic) bond motifs is 2. The number of benzene rings is 11. The zero-order valence-electron chi connectivity index (χ0n) is 86.0. The molecule has 10 heteroatoms. The van der Waals surface area contributed by atoms with Gasteiger partial charge in [-0.2, -0.15) is 0 Å². The molecule has 2 aliphatic heterocycles.